The first kappa shape index (κ1) is 17.8. The van der Waals surface area contributed by atoms with Gasteiger partial charge in [0.2, 0.25) is 0 Å². The highest BCUT2D eigenvalue weighted by molar-refractivity contribution is 5.76. The van der Waals surface area contributed by atoms with E-state index in [9.17, 15) is 4.79 Å². The van der Waals surface area contributed by atoms with E-state index in [0.717, 1.165) is 30.6 Å². The van der Waals surface area contributed by atoms with Crippen molar-refractivity contribution in [2.24, 2.45) is 0 Å². The third-order valence-corrected chi connectivity index (χ3v) is 5.09. The highest BCUT2D eigenvalue weighted by Gasteiger charge is 2.41. The molecule has 0 spiro atoms. The Morgan fingerprint density at radius 2 is 1.88 bits per heavy atom. The van der Waals surface area contributed by atoms with Crippen molar-refractivity contribution in [2.75, 3.05) is 7.11 Å². The Morgan fingerprint density at radius 3 is 2.48 bits per heavy atom. The van der Waals surface area contributed by atoms with Crippen LogP contribution in [0.5, 0.6) is 5.75 Å². The van der Waals surface area contributed by atoms with Crippen molar-refractivity contribution in [2.45, 2.75) is 71.6 Å². The van der Waals surface area contributed by atoms with Gasteiger partial charge in [-0.05, 0) is 88.3 Å². The standard InChI is InChI=1S/C21H29NO3/c1-13-10-19(24-6)14(2)9-18(13)15-11-16-7-8-17(12-15)22(16)20(23)25-21(3,4)5/h9-11,16-17H,7-8,12H2,1-6H3. The number of benzene rings is 1. The molecule has 4 nitrogen and oxygen atoms in total. The van der Waals surface area contributed by atoms with Crippen molar-refractivity contribution in [3.05, 3.63) is 34.9 Å². The topological polar surface area (TPSA) is 38.8 Å². The van der Waals surface area contributed by atoms with E-state index in [1.165, 1.54) is 16.7 Å². The zero-order valence-corrected chi connectivity index (χ0v) is 16.2. The summed E-state index contributed by atoms with van der Waals surface area (Å²) in [6.07, 6.45) is 5.03. The van der Waals surface area contributed by atoms with E-state index in [-0.39, 0.29) is 18.2 Å². The summed E-state index contributed by atoms with van der Waals surface area (Å²) in [5.74, 6) is 0.927. The Morgan fingerprint density at radius 1 is 1.16 bits per heavy atom. The van der Waals surface area contributed by atoms with Crippen LogP contribution in [0.3, 0.4) is 0 Å². The number of rotatable bonds is 2. The molecule has 2 bridgehead atoms. The van der Waals surface area contributed by atoms with Gasteiger partial charge in [0.15, 0.2) is 0 Å². The second-order valence-corrected chi connectivity index (χ2v) is 8.22. The first-order valence-corrected chi connectivity index (χ1v) is 9.07. The number of hydrogen-bond donors (Lipinski definition) is 0. The molecule has 0 aliphatic carbocycles. The normalized spacial score (nSPS) is 22.6. The summed E-state index contributed by atoms with van der Waals surface area (Å²) < 4.78 is 11.0. The SMILES string of the molecule is COc1cc(C)c(C2=CC3CCC(C2)N3C(=O)OC(C)(C)C)cc1C. The summed E-state index contributed by atoms with van der Waals surface area (Å²) in [4.78, 5) is 14.5. The summed E-state index contributed by atoms with van der Waals surface area (Å²) >= 11 is 0. The Labute approximate surface area is 150 Å². The van der Waals surface area contributed by atoms with E-state index in [0.29, 0.717) is 0 Å². The van der Waals surface area contributed by atoms with Crippen LogP contribution in [0.4, 0.5) is 4.79 Å². The van der Waals surface area contributed by atoms with Crippen LogP contribution in [0, 0.1) is 13.8 Å². The van der Waals surface area contributed by atoms with Crippen LogP contribution < -0.4 is 4.74 Å². The lowest BCUT2D eigenvalue weighted by Crippen LogP contribution is -2.45. The van der Waals surface area contributed by atoms with Crippen LogP contribution in [0.25, 0.3) is 5.57 Å². The molecule has 1 aromatic rings. The average Bonchev–Trinajstić information content (AvgIpc) is 2.78. The first-order chi connectivity index (χ1) is 11.7. The Balaban J connectivity index is 1.87. The van der Waals surface area contributed by atoms with Gasteiger partial charge in [-0.1, -0.05) is 6.08 Å². The van der Waals surface area contributed by atoms with Crippen molar-refractivity contribution < 1.29 is 14.3 Å². The minimum absolute atomic E-state index is 0.144. The Bertz CT molecular complexity index is 715. The summed E-state index contributed by atoms with van der Waals surface area (Å²) in [7, 11) is 1.71. The van der Waals surface area contributed by atoms with Crippen LogP contribution in [0.1, 0.15) is 56.7 Å². The zero-order chi connectivity index (χ0) is 18.4. The third-order valence-electron chi connectivity index (χ3n) is 5.09. The number of ether oxygens (including phenoxy) is 2. The van der Waals surface area contributed by atoms with Gasteiger partial charge in [0.1, 0.15) is 11.4 Å². The van der Waals surface area contributed by atoms with Crippen molar-refractivity contribution in [3.8, 4) is 5.75 Å². The molecule has 2 aliphatic rings. The fourth-order valence-corrected chi connectivity index (χ4v) is 3.98. The van der Waals surface area contributed by atoms with Crippen LogP contribution in [0.2, 0.25) is 0 Å². The fourth-order valence-electron chi connectivity index (χ4n) is 3.98. The number of fused-ring (bicyclic) bond motifs is 2. The van der Waals surface area contributed by atoms with Crippen LogP contribution in [-0.4, -0.2) is 35.8 Å². The van der Waals surface area contributed by atoms with Gasteiger partial charge < -0.3 is 9.47 Å². The molecule has 4 heteroatoms. The molecule has 0 N–H and O–H groups in total. The number of amides is 1. The molecule has 3 rings (SSSR count). The number of carbonyl (C=O) groups excluding carboxylic acids is 1. The number of hydrogen-bond acceptors (Lipinski definition) is 3. The van der Waals surface area contributed by atoms with Crippen LogP contribution in [-0.2, 0) is 4.74 Å². The summed E-state index contributed by atoms with van der Waals surface area (Å²) in [5, 5.41) is 0. The average molecular weight is 343 g/mol. The minimum Gasteiger partial charge on any atom is -0.496 e. The smallest absolute Gasteiger partial charge is 0.411 e. The molecule has 1 amide bonds. The monoisotopic (exact) mass is 343 g/mol. The summed E-state index contributed by atoms with van der Waals surface area (Å²) in [6, 6.07) is 4.70. The van der Waals surface area contributed by atoms with E-state index in [1.807, 2.05) is 25.7 Å². The van der Waals surface area contributed by atoms with Crippen molar-refractivity contribution in [3.63, 3.8) is 0 Å². The molecule has 0 saturated carbocycles. The van der Waals surface area contributed by atoms with Crippen LogP contribution >= 0.6 is 0 Å². The first-order valence-electron chi connectivity index (χ1n) is 9.07. The number of methoxy groups -OCH3 is 1. The fraction of sp³-hybridized carbons (Fsp3) is 0.571. The molecular formula is C21H29NO3. The number of aryl methyl sites for hydroxylation is 2. The molecule has 2 unspecified atom stereocenters. The van der Waals surface area contributed by atoms with Gasteiger partial charge in [-0.25, -0.2) is 4.79 Å². The van der Waals surface area contributed by atoms with Gasteiger partial charge in [0.05, 0.1) is 13.2 Å². The maximum Gasteiger partial charge on any atom is 0.411 e. The molecule has 1 saturated heterocycles. The van der Waals surface area contributed by atoms with Crippen LogP contribution in [0.15, 0.2) is 18.2 Å². The molecule has 1 fully saturated rings. The van der Waals surface area contributed by atoms with Crippen molar-refractivity contribution >= 4 is 11.7 Å². The van der Waals surface area contributed by atoms with Gasteiger partial charge in [-0.15, -0.1) is 0 Å². The third kappa shape index (κ3) is 3.53. The summed E-state index contributed by atoms with van der Waals surface area (Å²) in [6.45, 7) is 9.96. The molecule has 2 heterocycles. The lowest BCUT2D eigenvalue weighted by Gasteiger charge is -2.35. The quantitative estimate of drug-likeness (QED) is 0.769. The Kier molecular flexibility index (Phi) is 4.56. The lowest BCUT2D eigenvalue weighted by atomic mass is 9.90. The van der Waals surface area contributed by atoms with E-state index in [2.05, 4.69) is 32.1 Å². The van der Waals surface area contributed by atoms with Gasteiger partial charge in [0, 0.05) is 6.04 Å². The molecular weight excluding hydrogens is 314 g/mol. The molecule has 0 aromatic heterocycles. The molecule has 25 heavy (non-hydrogen) atoms. The van der Waals surface area contributed by atoms with Crippen molar-refractivity contribution in [1.29, 1.82) is 0 Å². The van der Waals surface area contributed by atoms with E-state index in [1.54, 1.807) is 7.11 Å². The van der Waals surface area contributed by atoms with Crippen molar-refractivity contribution in [1.82, 2.24) is 4.90 Å². The Hall–Kier alpha value is -1.97. The number of nitrogens with zero attached hydrogens (tertiary/aromatic N) is 1. The largest absolute Gasteiger partial charge is 0.496 e. The summed E-state index contributed by atoms with van der Waals surface area (Å²) in [5.41, 5.74) is 4.53. The van der Waals surface area contributed by atoms with Gasteiger partial charge >= 0.3 is 6.09 Å². The zero-order valence-electron chi connectivity index (χ0n) is 16.2. The highest BCUT2D eigenvalue weighted by atomic mass is 16.6. The second kappa shape index (κ2) is 6.40. The highest BCUT2D eigenvalue weighted by Crippen LogP contribution is 2.41. The predicted octanol–water partition coefficient (Wildman–Crippen LogP) is 4.87. The minimum atomic E-state index is -0.454. The molecule has 1 aromatic carbocycles. The van der Waals surface area contributed by atoms with E-state index < -0.39 is 5.60 Å². The molecule has 136 valence electrons. The molecule has 2 aliphatic heterocycles. The number of carbonyl (C=O) groups is 1. The van der Waals surface area contributed by atoms with Gasteiger partial charge in [-0.3, -0.25) is 4.90 Å². The second-order valence-electron chi connectivity index (χ2n) is 8.22. The maximum atomic E-state index is 12.6. The predicted molar refractivity (Wildman–Crippen MR) is 99.9 cm³/mol. The van der Waals surface area contributed by atoms with E-state index >= 15 is 0 Å². The maximum absolute atomic E-state index is 12.6. The van der Waals surface area contributed by atoms with Gasteiger partial charge in [-0.2, -0.15) is 0 Å². The molecule has 2 atom stereocenters. The lowest BCUT2D eigenvalue weighted by molar-refractivity contribution is 0.0175. The van der Waals surface area contributed by atoms with Gasteiger partial charge in [0.25, 0.3) is 0 Å². The molecule has 0 radical (unpaired) electrons. The van der Waals surface area contributed by atoms with E-state index in [4.69, 9.17) is 9.47 Å².